The minimum atomic E-state index is -4.75. The first-order valence-corrected chi connectivity index (χ1v) is 9.29. The predicted molar refractivity (Wildman–Crippen MR) is 101 cm³/mol. The molecular weight excluding hydrogens is 387 g/mol. The second-order valence-electron chi connectivity index (χ2n) is 7.05. The highest BCUT2D eigenvalue weighted by molar-refractivity contribution is 6.03. The molecular formula is C19H20F3N5O2. The first kappa shape index (κ1) is 19.3. The van der Waals surface area contributed by atoms with Crippen LogP contribution in [-0.2, 0) is 0 Å². The molecule has 0 aliphatic carbocycles. The van der Waals surface area contributed by atoms with E-state index in [0.29, 0.717) is 37.8 Å². The van der Waals surface area contributed by atoms with Crippen LogP contribution < -0.4 is 4.74 Å². The molecule has 0 N–H and O–H groups in total. The molecule has 3 aliphatic rings. The first-order valence-electron chi connectivity index (χ1n) is 9.29. The molecule has 1 saturated heterocycles. The number of halogens is 3. The number of hydrogen-bond acceptors (Lipinski definition) is 6. The molecule has 3 aliphatic heterocycles. The number of rotatable bonds is 3. The number of carbonyl (C=O) groups excluding carboxylic acids is 1. The molecule has 1 fully saturated rings. The van der Waals surface area contributed by atoms with Crippen molar-refractivity contribution in [1.29, 1.82) is 0 Å². The largest absolute Gasteiger partial charge is 0.573 e. The van der Waals surface area contributed by atoms with Crippen LogP contribution in [0.15, 0.2) is 46.1 Å². The Hall–Kier alpha value is -3.04. The second-order valence-corrected chi connectivity index (χ2v) is 7.05. The maximum atomic E-state index is 12.6. The summed E-state index contributed by atoms with van der Waals surface area (Å²) in [5, 5.41) is 0. The highest BCUT2D eigenvalue weighted by atomic mass is 19.4. The number of aliphatic imine (C=N–C) groups is 2. The smallest absolute Gasteiger partial charge is 0.406 e. The van der Waals surface area contributed by atoms with E-state index in [1.165, 1.54) is 12.1 Å². The molecule has 154 valence electrons. The molecule has 7 nitrogen and oxygen atoms in total. The van der Waals surface area contributed by atoms with Crippen molar-refractivity contribution in [3.05, 3.63) is 41.7 Å². The van der Waals surface area contributed by atoms with E-state index in [2.05, 4.69) is 26.5 Å². The lowest BCUT2D eigenvalue weighted by molar-refractivity contribution is -0.274. The minimum Gasteiger partial charge on any atom is -0.406 e. The molecule has 3 heterocycles. The summed E-state index contributed by atoms with van der Waals surface area (Å²) in [6.07, 6.45) is -0.994. The summed E-state index contributed by atoms with van der Waals surface area (Å²) in [5.41, 5.74) is 0.327. The third-order valence-electron chi connectivity index (χ3n) is 5.06. The van der Waals surface area contributed by atoms with Gasteiger partial charge in [-0.2, -0.15) is 0 Å². The third kappa shape index (κ3) is 4.20. The van der Waals surface area contributed by atoms with Gasteiger partial charge < -0.3 is 19.4 Å². The summed E-state index contributed by atoms with van der Waals surface area (Å²) < 4.78 is 40.6. The summed E-state index contributed by atoms with van der Waals surface area (Å²) in [6.45, 7) is 5.08. The van der Waals surface area contributed by atoms with Gasteiger partial charge in [0.15, 0.2) is 0 Å². The summed E-state index contributed by atoms with van der Waals surface area (Å²) in [6, 6.07) is 5.30. The number of benzene rings is 1. The van der Waals surface area contributed by atoms with E-state index in [-0.39, 0.29) is 11.7 Å². The molecule has 0 radical (unpaired) electrons. The number of fused-ring (bicyclic) bond motifs is 1. The Kier molecular flexibility index (Phi) is 4.93. The fourth-order valence-corrected chi connectivity index (χ4v) is 3.48. The van der Waals surface area contributed by atoms with Crippen molar-refractivity contribution in [1.82, 2.24) is 14.7 Å². The number of hydrogen-bond donors (Lipinski definition) is 0. The van der Waals surface area contributed by atoms with Crippen molar-refractivity contribution < 1.29 is 22.7 Å². The van der Waals surface area contributed by atoms with Gasteiger partial charge >= 0.3 is 6.36 Å². The van der Waals surface area contributed by atoms with Gasteiger partial charge in [0.25, 0.3) is 5.91 Å². The summed E-state index contributed by atoms with van der Waals surface area (Å²) in [7, 11) is 0. The molecule has 0 aromatic heterocycles. The van der Waals surface area contributed by atoms with Gasteiger partial charge in [-0.25, -0.2) is 4.99 Å². The van der Waals surface area contributed by atoms with Gasteiger partial charge in [-0.15, -0.1) is 13.2 Å². The van der Waals surface area contributed by atoms with Crippen molar-refractivity contribution in [3.8, 4) is 5.75 Å². The van der Waals surface area contributed by atoms with Crippen molar-refractivity contribution in [3.63, 3.8) is 0 Å². The fourth-order valence-electron chi connectivity index (χ4n) is 3.48. The topological polar surface area (TPSA) is 60.7 Å². The summed E-state index contributed by atoms with van der Waals surface area (Å²) >= 11 is 0. The van der Waals surface area contributed by atoms with Gasteiger partial charge in [0.05, 0.1) is 18.9 Å². The standard InChI is InChI=1S/C19H20F3N5O2/c1-13-11-23-17-10-16(24-12-27(13)17)25-6-8-26(9-7-25)18(28)14-2-4-15(5-3-14)29-19(20,21)22/h2-5,10,12-13H,6-9,11H2,1H3. The van der Waals surface area contributed by atoms with Crippen LogP contribution in [0, 0.1) is 0 Å². The molecule has 4 rings (SSSR count). The Bertz CT molecular complexity index is 871. The number of ether oxygens (including phenoxy) is 1. The summed E-state index contributed by atoms with van der Waals surface area (Å²) in [5.74, 6) is 1.17. The number of nitrogens with zero attached hydrogens (tertiary/aromatic N) is 5. The number of amidine groups is 1. The third-order valence-corrected chi connectivity index (χ3v) is 5.06. The van der Waals surface area contributed by atoms with Crippen molar-refractivity contribution in [2.24, 2.45) is 9.98 Å². The van der Waals surface area contributed by atoms with E-state index in [9.17, 15) is 18.0 Å². The van der Waals surface area contributed by atoms with E-state index in [1.807, 2.05) is 11.0 Å². The highest BCUT2D eigenvalue weighted by Crippen LogP contribution is 2.24. The van der Waals surface area contributed by atoms with E-state index in [0.717, 1.165) is 30.3 Å². The molecule has 1 atom stereocenters. The Balaban J connectivity index is 1.34. The quantitative estimate of drug-likeness (QED) is 0.772. The van der Waals surface area contributed by atoms with E-state index >= 15 is 0 Å². The lowest BCUT2D eigenvalue weighted by Gasteiger charge is -2.37. The number of amides is 1. The van der Waals surface area contributed by atoms with Gasteiger partial charge in [0, 0.05) is 37.8 Å². The molecule has 10 heteroatoms. The Labute approximate surface area is 165 Å². The van der Waals surface area contributed by atoms with Crippen LogP contribution in [0.2, 0.25) is 0 Å². The van der Waals surface area contributed by atoms with Crippen LogP contribution in [-0.4, -0.2) is 77.9 Å². The van der Waals surface area contributed by atoms with E-state index < -0.39 is 6.36 Å². The molecule has 29 heavy (non-hydrogen) atoms. The van der Waals surface area contributed by atoms with Crippen LogP contribution in [0.5, 0.6) is 5.75 Å². The van der Waals surface area contributed by atoms with Crippen LogP contribution in [0.4, 0.5) is 13.2 Å². The lowest BCUT2D eigenvalue weighted by atomic mass is 10.1. The second kappa shape index (κ2) is 7.41. The molecule has 0 saturated carbocycles. The maximum Gasteiger partial charge on any atom is 0.573 e. The van der Waals surface area contributed by atoms with E-state index in [1.54, 1.807) is 11.2 Å². The molecule has 1 unspecified atom stereocenters. The average Bonchev–Trinajstić information content (AvgIpc) is 3.07. The zero-order valence-electron chi connectivity index (χ0n) is 15.8. The van der Waals surface area contributed by atoms with Gasteiger partial charge in [-0.05, 0) is 31.2 Å². The van der Waals surface area contributed by atoms with Gasteiger partial charge in [0.1, 0.15) is 17.4 Å². The Morgan fingerprint density at radius 3 is 2.48 bits per heavy atom. The van der Waals surface area contributed by atoms with Crippen LogP contribution in [0.25, 0.3) is 0 Å². The fraction of sp³-hybridized carbons (Fsp3) is 0.421. The molecule has 1 amide bonds. The number of carbonyl (C=O) groups is 1. The minimum absolute atomic E-state index is 0.218. The van der Waals surface area contributed by atoms with E-state index in [4.69, 9.17) is 0 Å². The predicted octanol–water partition coefficient (Wildman–Crippen LogP) is 2.33. The molecule has 1 aromatic carbocycles. The van der Waals surface area contributed by atoms with Crippen molar-refractivity contribution >= 4 is 18.1 Å². The summed E-state index contributed by atoms with van der Waals surface area (Å²) in [4.78, 5) is 27.5. The Morgan fingerprint density at radius 1 is 1.14 bits per heavy atom. The monoisotopic (exact) mass is 407 g/mol. The van der Waals surface area contributed by atoms with Crippen LogP contribution in [0.3, 0.4) is 0 Å². The van der Waals surface area contributed by atoms with Gasteiger partial charge in [0.2, 0.25) is 0 Å². The number of alkyl halides is 3. The van der Waals surface area contributed by atoms with Gasteiger partial charge in [-0.3, -0.25) is 9.79 Å². The zero-order chi connectivity index (χ0) is 20.6. The van der Waals surface area contributed by atoms with Crippen LogP contribution >= 0.6 is 0 Å². The molecule has 1 aromatic rings. The molecule has 0 spiro atoms. The maximum absolute atomic E-state index is 12.6. The highest BCUT2D eigenvalue weighted by Gasteiger charge is 2.31. The Morgan fingerprint density at radius 2 is 1.83 bits per heavy atom. The zero-order valence-corrected chi connectivity index (χ0v) is 15.8. The first-order chi connectivity index (χ1) is 13.8. The van der Waals surface area contributed by atoms with Gasteiger partial charge in [-0.1, -0.05) is 0 Å². The van der Waals surface area contributed by atoms with Crippen molar-refractivity contribution in [2.75, 3.05) is 32.7 Å². The van der Waals surface area contributed by atoms with Crippen LogP contribution in [0.1, 0.15) is 17.3 Å². The normalized spacial score (nSPS) is 21.7. The lowest BCUT2D eigenvalue weighted by Crippen LogP contribution is -2.48. The molecule has 0 bridgehead atoms. The SMILES string of the molecule is CC1CN=C2C=C(N3CCN(C(=O)c4ccc(OC(F)(F)F)cc4)CC3)N=CN21. The average molecular weight is 407 g/mol. The van der Waals surface area contributed by atoms with Crippen molar-refractivity contribution in [2.45, 2.75) is 19.3 Å². The number of piperazine rings is 1.